The molecule has 1 heterocycles. The topological polar surface area (TPSA) is 15.3 Å². The SMILES string of the molecule is CCCNCc1cc(CN(CC)C2CC2)c(C)s1. The first-order valence-electron chi connectivity index (χ1n) is 7.27. The predicted molar refractivity (Wildman–Crippen MR) is 80.2 cm³/mol. The first-order valence-corrected chi connectivity index (χ1v) is 8.09. The standard InChI is InChI=1S/C15H26N2S/c1-4-8-16-10-15-9-13(12(3)18-15)11-17(5-2)14-6-7-14/h9,14,16H,4-8,10-11H2,1-3H3. The molecule has 0 radical (unpaired) electrons. The van der Waals surface area contributed by atoms with Crippen molar-refractivity contribution in [1.29, 1.82) is 0 Å². The first-order chi connectivity index (χ1) is 8.74. The maximum absolute atomic E-state index is 3.49. The molecule has 0 unspecified atom stereocenters. The van der Waals surface area contributed by atoms with Gasteiger partial charge in [0.15, 0.2) is 0 Å². The van der Waals surface area contributed by atoms with Crippen LogP contribution in [0.1, 0.15) is 48.4 Å². The van der Waals surface area contributed by atoms with Crippen LogP contribution >= 0.6 is 11.3 Å². The number of rotatable bonds is 8. The van der Waals surface area contributed by atoms with E-state index in [2.05, 4.69) is 37.1 Å². The maximum Gasteiger partial charge on any atom is 0.0299 e. The Morgan fingerprint density at radius 1 is 1.39 bits per heavy atom. The van der Waals surface area contributed by atoms with E-state index in [1.807, 2.05) is 11.3 Å². The summed E-state index contributed by atoms with van der Waals surface area (Å²) < 4.78 is 0. The van der Waals surface area contributed by atoms with Crippen LogP contribution in [0, 0.1) is 6.92 Å². The molecule has 1 saturated carbocycles. The third kappa shape index (κ3) is 3.81. The lowest BCUT2D eigenvalue weighted by Crippen LogP contribution is -2.25. The Kier molecular flexibility index (Phi) is 5.22. The molecule has 3 heteroatoms. The summed E-state index contributed by atoms with van der Waals surface area (Å²) in [6.07, 6.45) is 4.02. The van der Waals surface area contributed by atoms with Crippen LogP contribution in [0.3, 0.4) is 0 Å². The van der Waals surface area contributed by atoms with Crippen LogP contribution in [0.4, 0.5) is 0 Å². The molecule has 2 rings (SSSR count). The van der Waals surface area contributed by atoms with Crippen molar-refractivity contribution in [3.8, 4) is 0 Å². The first kappa shape index (κ1) is 14.0. The highest BCUT2D eigenvalue weighted by Crippen LogP contribution is 2.30. The highest BCUT2D eigenvalue weighted by Gasteiger charge is 2.28. The lowest BCUT2D eigenvalue weighted by molar-refractivity contribution is 0.269. The van der Waals surface area contributed by atoms with Gasteiger partial charge in [0.05, 0.1) is 0 Å². The van der Waals surface area contributed by atoms with Gasteiger partial charge in [-0.3, -0.25) is 4.90 Å². The van der Waals surface area contributed by atoms with Gasteiger partial charge in [-0.25, -0.2) is 0 Å². The van der Waals surface area contributed by atoms with Crippen LogP contribution in [0.5, 0.6) is 0 Å². The molecule has 0 bridgehead atoms. The second-order valence-electron chi connectivity index (χ2n) is 5.27. The summed E-state index contributed by atoms with van der Waals surface area (Å²) in [6.45, 7) is 11.3. The zero-order chi connectivity index (χ0) is 13.0. The van der Waals surface area contributed by atoms with Crippen LogP contribution < -0.4 is 5.32 Å². The molecule has 18 heavy (non-hydrogen) atoms. The zero-order valence-corrected chi connectivity index (χ0v) is 12.8. The average Bonchev–Trinajstić information content (AvgIpc) is 3.13. The van der Waals surface area contributed by atoms with Gasteiger partial charge in [-0.1, -0.05) is 13.8 Å². The normalized spacial score (nSPS) is 15.6. The molecule has 0 amide bonds. The van der Waals surface area contributed by atoms with E-state index in [-0.39, 0.29) is 0 Å². The fourth-order valence-electron chi connectivity index (χ4n) is 2.38. The predicted octanol–water partition coefficient (Wildman–Crippen LogP) is 3.54. The number of nitrogens with one attached hydrogen (secondary N) is 1. The number of thiophene rings is 1. The van der Waals surface area contributed by atoms with Crippen molar-refractivity contribution in [3.63, 3.8) is 0 Å². The minimum absolute atomic E-state index is 0.871. The van der Waals surface area contributed by atoms with Crippen molar-refractivity contribution in [2.45, 2.75) is 59.2 Å². The largest absolute Gasteiger partial charge is 0.312 e. The lowest BCUT2D eigenvalue weighted by atomic mass is 10.2. The monoisotopic (exact) mass is 266 g/mol. The van der Waals surface area contributed by atoms with Gasteiger partial charge < -0.3 is 5.32 Å². The van der Waals surface area contributed by atoms with Crippen molar-refractivity contribution in [1.82, 2.24) is 10.2 Å². The average molecular weight is 266 g/mol. The molecule has 2 nitrogen and oxygen atoms in total. The van der Waals surface area contributed by atoms with Crippen LogP contribution in [0.25, 0.3) is 0 Å². The molecular formula is C15H26N2S. The number of nitrogens with zero attached hydrogens (tertiary/aromatic N) is 1. The van der Waals surface area contributed by atoms with Crippen molar-refractivity contribution >= 4 is 11.3 Å². The number of aryl methyl sites for hydroxylation is 1. The Hall–Kier alpha value is -0.380. The van der Waals surface area contributed by atoms with Gasteiger partial charge in [0.25, 0.3) is 0 Å². The Labute approximate surface area is 115 Å². The van der Waals surface area contributed by atoms with E-state index in [1.165, 1.54) is 35.6 Å². The molecule has 1 N–H and O–H groups in total. The summed E-state index contributed by atoms with van der Waals surface area (Å²) in [6, 6.07) is 3.28. The summed E-state index contributed by atoms with van der Waals surface area (Å²) in [7, 11) is 0. The molecule has 0 atom stereocenters. The highest BCUT2D eigenvalue weighted by atomic mass is 32.1. The van der Waals surface area contributed by atoms with Crippen molar-refractivity contribution in [2.75, 3.05) is 13.1 Å². The van der Waals surface area contributed by atoms with Gasteiger partial charge in [0.2, 0.25) is 0 Å². The molecule has 102 valence electrons. The third-order valence-electron chi connectivity index (χ3n) is 3.64. The molecular weight excluding hydrogens is 240 g/mol. The van der Waals surface area contributed by atoms with Crippen molar-refractivity contribution < 1.29 is 0 Å². The van der Waals surface area contributed by atoms with Crippen molar-refractivity contribution in [2.24, 2.45) is 0 Å². The Balaban J connectivity index is 1.91. The fraction of sp³-hybridized carbons (Fsp3) is 0.733. The lowest BCUT2D eigenvalue weighted by Gasteiger charge is -2.19. The van der Waals surface area contributed by atoms with Gasteiger partial charge in [-0.2, -0.15) is 0 Å². The molecule has 1 fully saturated rings. The molecule has 1 aliphatic carbocycles. The quantitative estimate of drug-likeness (QED) is 0.724. The second-order valence-corrected chi connectivity index (χ2v) is 6.61. The van der Waals surface area contributed by atoms with E-state index in [0.717, 1.165) is 25.7 Å². The fourth-order valence-corrected chi connectivity index (χ4v) is 3.40. The van der Waals surface area contributed by atoms with E-state index >= 15 is 0 Å². The summed E-state index contributed by atoms with van der Waals surface area (Å²) in [5.41, 5.74) is 1.54. The maximum atomic E-state index is 3.49. The Bertz CT molecular complexity index is 369. The van der Waals surface area contributed by atoms with E-state index in [9.17, 15) is 0 Å². The smallest absolute Gasteiger partial charge is 0.0299 e. The third-order valence-corrected chi connectivity index (χ3v) is 4.73. The van der Waals surface area contributed by atoms with Gasteiger partial charge in [0, 0.05) is 28.9 Å². The van der Waals surface area contributed by atoms with E-state index in [4.69, 9.17) is 0 Å². The van der Waals surface area contributed by atoms with E-state index < -0.39 is 0 Å². The number of hydrogen-bond acceptors (Lipinski definition) is 3. The van der Waals surface area contributed by atoms with E-state index in [0.29, 0.717) is 0 Å². The minimum Gasteiger partial charge on any atom is -0.312 e. The van der Waals surface area contributed by atoms with Crippen LogP contribution in [-0.2, 0) is 13.1 Å². The highest BCUT2D eigenvalue weighted by molar-refractivity contribution is 7.12. The van der Waals surface area contributed by atoms with Gasteiger partial charge in [0.1, 0.15) is 0 Å². The second kappa shape index (κ2) is 6.69. The van der Waals surface area contributed by atoms with E-state index in [1.54, 1.807) is 5.56 Å². The Morgan fingerprint density at radius 3 is 2.78 bits per heavy atom. The van der Waals surface area contributed by atoms with Crippen LogP contribution in [0.2, 0.25) is 0 Å². The Morgan fingerprint density at radius 2 is 2.17 bits per heavy atom. The minimum atomic E-state index is 0.871. The summed E-state index contributed by atoms with van der Waals surface area (Å²) in [5.74, 6) is 0. The summed E-state index contributed by atoms with van der Waals surface area (Å²) in [4.78, 5) is 5.61. The molecule has 1 aliphatic rings. The zero-order valence-electron chi connectivity index (χ0n) is 12.0. The van der Waals surface area contributed by atoms with Crippen molar-refractivity contribution in [3.05, 3.63) is 21.4 Å². The molecule has 0 spiro atoms. The molecule has 1 aromatic heterocycles. The number of hydrogen-bond donors (Lipinski definition) is 1. The molecule has 0 aliphatic heterocycles. The van der Waals surface area contributed by atoms with Gasteiger partial charge >= 0.3 is 0 Å². The van der Waals surface area contributed by atoms with Crippen LogP contribution in [-0.4, -0.2) is 24.0 Å². The summed E-state index contributed by atoms with van der Waals surface area (Å²) >= 11 is 1.96. The summed E-state index contributed by atoms with van der Waals surface area (Å²) in [5, 5.41) is 3.49. The molecule has 1 aromatic rings. The van der Waals surface area contributed by atoms with Crippen LogP contribution in [0.15, 0.2) is 6.07 Å². The van der Waals surface area contributed by atoms with Gasteiger partial charge in [-0.15, -0.1) is 11.3 Å². The molecule has 0 aromatic carbocycles. The molecule has 0 saturated heterocycles. The van der Waals surface area contributed by atoms with Gasteiger partial charge in [-0.05, 0) is 50.9 Å².